The number of nitrogens with zero attached hydrogens (tertiary/aromatic N) is 2. The summed E-state index contributed by atoms with van der Waals surface area (Å²) >= 11 is 0. The quantitative estimate of drug-likeness (QED) is 0.773. The summed E-state index contributed by atoms with van der Waals surface area (Å²) in [4.78, 5) is 32.0. The summed E-state index contributed by atoms with van der Waals surface area (Å²) in [5.74, 6) is 0.282. The van der Waals surface area contributed by atoms with Gasteiger partial charge in [-0.05, 0) is 31.6 Å². The Morgan fingerprint density at radius 2 is 2.00 bits per heavy atom. The summed E-state index contributed by atoms with van der Waals surface area (Å²) in [6.07, 6.45) is 2.33. The van der Waals surface area contributed by atoms with Crippen LogP contribution in [0.5, 0.6) is 0 Å². The van der Waals surface area contributed by atoms with E-state index in [1.807, 2.05) is 4.90 Å². The zero-order valence-corrected chi connectivity index (χ0v) is 13.9. The molecule has 134 valence electrons. The summed E-state index contributed by atoms with van der Waals surface area (Å²) in [7, 11) is 0. The molecule has 3 saturated heterocycles. The molecule has 4 fully saturated rings. The van der Waals surface area contributed by atoms with Gasteiger partial charge in [0.1, 0.15) is 6.17 Å². The molecular formula is C17H25FN2O4. The van der Waals surface area contributed by atoms with Gasteiger partial charge in [-0.2, -0.15) is 0 Å². The highest BCUT2D eigenvalue weighted by molar-refractivity contribution is 5.80. The van der Waals surface area contributed by atoms with Gasteiger partial charge >= 0.3 is 0 Å². The van der Waals surface area contributed by atoms with Crippen LogP contribution in [0, 0.1) is 17.8 Å². The number of hydrogen-bond donors (Lipinski definition) is 0. The smallest absolute Gasteiger partial charge is 0.246 e. The van der Waals surface area contributed by atoms with Crippen LogP contribution in [0.15, 0.2) is 0 Å². The predicted molar refractivity (Wildman–Crippen MR) is 82.4 cm³/mol. The van der Waals surface area contributed by atoms with Crippen molar-refractivity contribution in [1.29, 1.82) is 0 Å². The lowest BCUT2D eigenvalue weighted by Crippen LogP contribution is -2.42. The standard InChI is InChI=1S/C17H25FN2O4/c18-13-5-11(6-13)17(22)19-8-14-12(10-23-15(14)9-19)7-16(21)20-3-1-2-4-24-20/h11-15H,1-10H2/t11?,12-,13?,14+,15+/m0/s1. The van der Waals surface area contributed by atoms with Crippen LogP contribution in [0.25, 0.3) is 0 Å². The topological polar surface area (TPSA) is 59.1 Å². The van der Waals surface area contributed by atoms with E-state index in [2.05, 4.69) is 0 Å². The highest BCUT2D eigenvalue weighted by atomic mass is 19.1. The van der Waals surface area contributed by atoms with Gasteiger partial charge in [0.15, 0.2) is 0 Å². The third kappa shape index (κ3) is 3.04. The molecule has 4 rings (SSSR count). The zero-order chi connectivity index (χ0) is 16.7. The van der Waals surface area contributed by atoms with E-state index in [0.717, 1.165) is 12.8 Å². The lowest BCUT2D eigenvalue weighted by atomic mass is 9.82. The molecule has 1 saturated carbocycles. The van der Waals surface area contributed by atoms with Crippen molar-refractivity contribution >= 4 is 11.8 Å². The van der Waals surface area contributed by atoms with E-state index >= 15 is 0 Å². The first-order valence-corrected chi connectivity index (χ1v) is 9.09. The number of likely N-dealkylation sites (tertiary alicyclic amines) is 1. The molecule has 0 aromatic carbocycles. The molecule has 3 aliphatic heterocycles. The normalized spacial score (nSPS) is 38.8. The molecule has 24 heavy (non-hydrogen) atoms. The fourth-order valence-electron chi connectivity index (χ4n) is 4.32. The SMILES string of the molecule is O=C(C1CC(F)C1)N1C[C@@H]2[C@@H](CC(=O)N3CCCCO3)CO[C@@H]2C1. The second kappa shape index (κ2) is 6.59. The molecule has 0 spiro atoms. The molecule has 0 unspecified atom stereocenters. The average Bonchev–Trinajstić information content (AvgIpc) is 3.14. The molecule has 0 aromatic rings. The number of alkyl halides is 1. The number of ether oxygens (including phenoxy) is 1. The predicted octanol–water partition coefficient (Wildman–Crippen LogP) is 1.15. The van der Waals surface area contributed by atoms with Crippen LogP contribution < -0.4 is 0 Å². The number of fused-ring (bicyclic) bond motifs is 1. The van der Waals surface area contributed by atoms with Crippen LogP contribution in [-0.4, -0.2) is 66.9 Å². The number of hydroxylamine groups is 2. The molecule has 2 amide bonds. The van der Waals surface area contributed by atoms with Crippen LogP contribution in [0.2, 0.25) is 0 Å². The first kappa shape index (κ1) is 16.3. The maximum atomic E-state index is 13.0. The van der Waals surface area contributed by atoms with Gasteiger partial charge in [-0.15, -0.1) is 0 Å². The van der Waals surface area contributed by atoms with E-state index in [4.69, 9.17) is 9.57 Å². The lowest BCUT2D eigenvalue weighted by molar-refractivity contribution is -0.198. The van der Waals surface area contributed by atoms with Gasteiger partial charge in [0.2, 0.25) is 11.8 Å². The minimum atomic E-state index is -0.813. The van der Waals surface area contributed by atoms with Gasteiger partial charge < -0.3 is 9.64 Å². The Bertz CT molecular complexity index is 505. The number of rotatable bonds is 3. The number of carbonyl (C=O) groups is 2. The molecule has 3 atom stereocenters. The van der Waals surface area contributed by atoms with E-state index in [9.17, 15) is 14.0 Å². The molecule has 0 N–H and O–H groups in total. The van der Waals surface area contributed by atoms with Gasteiger partial charge in [-0.3, -0.25) is 14.4 Å². The molecular weight excluding hydrogens is 315 g/mol. The number of carbonyl (C=O) groups excluding carboxylic acids is 2. The molecule has 0 aromatic heterocycles. The Morgan fingerprint density at radius 1 is 1.17 bits per heavy atom. The Labute approximate surface area is 141 Å². The summed E-state index contributed by atoms with van der Waals surface area (Å²) in [6.45, 7) is 3.07. The zero-order valence-electron chi connectivity index (χ0n) is 13.9. The first-order chi connectivity index (χ1) is 11.6. The maximum Gasteiger partial charge on any atom is 0.246 e. The van der Waals surface area contributed by atoms with Crippen LogP contribution in [0.4, 0.5) is 4.39 Å². The van der Waals surface area contributed by atoms with Gasteiger partial charge in [0.05, 0.1) is 19.3 Å². The second-order valence-corrected chi connectivity index (χ2v) is 7.54. The van der Waals surface area contributed by atoms with Crippen molar-refractivity contribution in [3.63, 3.8) is 0 Å². The van der Waals surface area contributed by atoms with Gasteiger partial charge in [-0.25, -0.2) is 9.45 Å². The maximum absolute atomic E-state index is 13.0. The number of halogens is 1. The molecule has 4 aliphatic rings. The Morgan fingerprint density at radius 3 is 2.71 bits per heavy atom. The summed E-state index contributed by atoms with van der Waals surface area (Å²) in [5.41, 5.74) is 0. The van der Waals surface area contributed by atoms with E-state index < -0.39 is 6.17 Å². The van der Waals surface area contributed by atoms with Crippen LogP contribution in [0.3, 0.4) is 0 Å². The average molecular weight is 340 g/mol. The van der Waals surface area contributed by atoms with E-state index in [1.165, 1.54) is 5.06 Å². The third-order valence-corrected chi connectivity index (χ3v) is 5.90. The molecule has 0 radical (unpaired) electrons. The fraction of sp³-hybridized carbons (Fsp3) is 0.882. The fourth-order valence-corrected chi connectivity index (χ4v) is 4.32. The number of hydrogen-bond acceptors (Lipinski definition) is 4. The van der Waals surface area contributed by atoms with Gasteiger partial charge in [0, 0.05) is 37.9 Å². The molecule has 0 bridgehead atoms. The molecule has 7 heteroatoms. The third-order valence-electron chi connectivity index (χ3n) is 5.90. The minimum Gasteiger partial charge on any atom is -0.376 e. The summed E-state index contributed by atoms with van der Waals surface area (Å²) in [5, 5.41) is 1.49. The lowest BCUT2D eigenvalue weighted by Gasteiger charge is -2.32. The van der Waals surface area contributed by atoms with Crippen LogP contribution in [-0.2, 0) is 19.2 Å². The second-order valence-electron chi connectivity index (χ2n) is 7.54. The van der Waals surface area contributed by atoms with Crippen LogP contribution >= 0.6 is 0 Å². The monoisotopic (exact) mass is 340 g/mol. The van der Waals surface area contributed by atoms with Gasteiger partial charge in [0.25, 0.3) is 0 Å². The van der Waals surface area contributed by atoms with Crippen molar-refractivity contribution in [2.24, 2.45) is 17.8 Å². The highest BCUT2D eigenvalue weighted by Gasteiger charge is 2.48. The van der Waals surface area contributed by atoms with Crippen LogP contribution in [0.1, 0.15) is 32.1 Å². The Kier molecular flexibility index (Phi) is 4.47. The molecule has 3 heterocycles. The van der Waals surface area contributed by atoms with Gasteiger partial charge in [-0.1, -0.05) is 0 Å². The van der Waals surface area contributed by atoms with E-state index in [0.29, 0.717) is 52.1 Å². The van der Waals surface area contributed by atoms with E-state index in [1.54, 1.807) is 0 Å². The van der Waals surface area contributed by atoms with Crippen molar-refractivity contribution in [2.45, 2.75) is 44.4 Å². The van der Waals surface area contributed by atoms with Crippen molar-refractivity contribution in [1.82, 2.24) is 9.96 Å². The minimum absolute atomic E-state index is 0.0213. The molecule has 1 aliphatic carbocycles. The first-order valence-electron chi connectivity index (χ1n) is 9.09. The van der Waals surface area contributed by atoms with Crippen molar-refractivity contribution in [3.05, 3.63) is 0 Å². The number of amides is 2. The Balaban J connectivity index is 1.31. The summed E-state index contributed by atoms with van der Waals surface area (Å²) < 4.78 is 18.8. The highest BCUT2D eigenvalue weighted by Crippen LogP contribution is 2.39. The van der Waals surface area contributed by atoms with Crippen molar-refractivity contribution in [3.8, 4) is 0 Å². The van der Waals surface area contributed by atoms with E-state index in [-0.39, 0.29) is 35.7 Å². The van der Waals surface area contributed by atoms with Crippen molar-refractivity contribution < 1.29 is 23.6 Å². The van der Waals surface area contributed by atoms with Crippen molar-refractivity contribution in [2.75, 3.05) is 32.8 Å². The Hall–Kier alpha value is -1.21. The summed E-state index contributed by atoms with van der Waals surface area (Å²) in [6, 6.07) is 0. The molecule has 6 nitrogen and oxygen atoms in total. The largest absolute Gasteiger partial charge is 0.376 e.